The highest BCUT2D eigenvalue weighted by atomic mass is 31.2. The lowest BCUT2D eigenvalue weighted by Gasteiger charge is -2.12. The van der Waals surface area contributed by atoms with Crippen LogP contribution in [0, 0.1) is 11.3 Å². The molecular weight excluding hydrogens is 267 g/mol. The zero-order chi connectivity index (χ0) is 14.5. The summed E-state index contributed by atoms with van der Waals surface area (Å²) in [5.74, 6) is -0.313. The van der Waals surface area contributed by atoms with Gasteiger partial charge in [-0.2, -0.15) is 5.26 Å². The van der Waals surface area contributed by atoms with Crippen LogP contribution in [0.4, 0.5) is 0 Å². The molecule has 0 radical (unpaired) electrons. The van der Waals surface area contributed by atoms with Crippen LogP contribution in [0.3, 0.4) is 0 Å². The minimum Gasteiger partial charge on any atom is -0.337 e. The van der Waals surface area contributed by atoms with Gasteiger partial charge in [0.1, 0.15) is 6.04 Å². The number of nitrogens with one attached hydrogen (secondary N) is 1. The fourth-order valence-electron chi connectivity index (χ4n) is 1.60. The molecular formula is C12H15N2O4P. The first-order chi connectivity index (χ1) is 8.81. The highest BCUT2D eigenvalue weighted by molar-refractivity contribution is 7.51. The third-order valence-corrected chi connectivity index (χ3v) is 3.26. The van der Waals surface area contributed by atoms with E-state index in [0.717, 1.165) is 0 Å². The maximum Gasteiger partial charge on any atom is 0.325 e. The van der Waals surface area contributed by atoms with E-state index in [1.165, 1.54) is 6.92 Å². The molecule has 0 saturated carbocycles. The number of carbonyl (C=O) groups is 1. The lowest BCUT2D eigenvalue weighted by molar-refractivity contribution is -0.119. The molecule has 6 nitrogen and oxygen atoms in total. The van der Waals surface area contributed by atoms with Crippen LogP contribution in [0.5, 0.6) is 0 Å². The minimum atomic E-state index is -4.03. The monoisotopic (exact) mass is 282 g/mol. The van der Waals surface area contributed by atoms with Crippen molar-refractivity contribution in [1.29, 1.82) is 5.26 Å². The molecule has 0 spiro atoms. The van der Waals surface area contributed by atoms with Crippen LogP contribution in [-0.2, 0) is 15.8 Å². The Morgan fingerprint density at radius 1 is 1.53 bits per heavy atom. The number of benzene rings is 1. The molecule has 0 saturated heterocycles. The quantitative estimate of drug-likeness (QED) is 0.700. The van der Waals surface area contributed by atoms with Crippen LogP contribution in [-0.4, -0.2) is 21.9 Å². The van der Waals surface area contributed by atoms with Crippen molar-refractivity contribution < 1.29 is 19.1 Å². The van der Waals surface area contributed by atoms with Crippen LogP contribution in [0.15, 0.2) is 24.3 Å². The topological polar surface area (TPSA) is 110 Å². The third-order valence-electron chi connectivity index (χ3n) is 2.45. The predicted octanol–water partition coefficient (Wildman–Crippen LogP) is 1.11. The van der Waals surface area contributed by atoms with Gasteiger partial charge in [0.25, 0.3) is 0 Å². The molecule has 102 valence electrons. The maximum atomic E-state index is 11.0. The number of hydrogen-bond acceptors (Lipinski definition) is 3. The van der Waals surface area contributed by atoms with E-state index in [1.54, 1.807) is 24.3 Å². The van der Waals surface area contributed by atoms with E-state index >= 15 is 0 Å². The molecule has 0 aliphatic carbocycles. The smallest absolute Gasteiger partial charge is 0.325 e. The molecule has 1 aromatic rings. The average Bonchev–Trinajstić information content (AvgIpc) is 2.33. The summed E-state index contributed by atoms with van der Waals surface area (Å²) in [4.78, 5) is 28.6. The highest BCUT2D eigenvalue weighted by Gasteiger charge is 2.15. The number of hydrogen-bond donors (Lipinski definition) is 3. The second-order valence-electron chi connectivity index (χ2n) is 4.15. The van der Waals surface area contributed by atoms with Gasteiger partial charge in [-0.25, -0.2) is 0 Å². The van der Waals surface area contributed by atoms with Crippen LogP contribution in [0.25, 0.3) is 0 Å². The number of rotatable bonds is 5. The van der Waals surface area contributed by atoms with Crippen molar-refractivity contribution in [3.63, 3.8) is 0 Å². The third kappa shape index (κ3) is 5.66. The highest BCUT2D eigenvalue weighted by Crippen LogP contribution is 2.34. The van der Waals surface area contributed by atoms with Crippen LogP contribution < -0.4 is 5.32 Å². The fourth-order valence-corrected chi connectivity index (χ4v) is 2.15. The van der Waals surface area contributed by atoms with E-state index in [4.69, 9.17) is 15.0 Å². The molecule has 0 aliphatic heterocycles. The summed E-state index contributed by atoms with van der Waals surface area (Å²) < 4.78 is 10.8. The van der Waals surface area contributed by atoms with Gasteiger partial charge in [0.2, 0.25) is 5.91 Å². The molecule has 0 aliphatic rings. The number of aryl methyl sites for hydroxylation is 1. The maximum absolute atomic E-state index is 11.0. The van der Waals surface area contributed by atoms with Gasteiger partial charge in [-0.1, -0.05) is 24.3 Å². The van der Waals surface area contributed by atoms with Gasteiger partial charge in [-0.3, -0.25) is 9.36 Å². The molecule has 0 bridgehead atoms. The van der Waals surface area contributed by atoms with Crippen molar-refractivity contribution in [3.8, 4) is 6.07 Å². The van der Waals surface area contributed by atoms with Crippen molar-refractivity contribution in [2.75, 3.05) is 6.16 Å². The summed E-state index contributed by atoms with van der Waals surface area (Å²) in [5.41, 5.74) is 1.31. The largest absolute Gasteiger partial charge is 0.337 e. The number of nitriles is 1. The Labute approximate surface area is 111 Å². The predicted molar refractivity (Wildman–Crippen MR) is 69.2 cm³/mol. The Morgan fingerprint density at radius 3 is 2.74 bits per heavy atom. The Kier molecular flexibility index (Phi) is 5.25. The van der Waals surface area contributed by atoms with Gasteiger partial charge in [-0.15, -0.1) is 0 Å². The van der Waals surface area contributed by atoms with Gasteiger partial charge in [0.05, 0.1) is 12.2 Å². The van der Waals surface area contributed by atoms with Crippen molar-refractivity contribution in [3.05, 3.63) is 35.4 Å². The van der Waals surface area contributed by atoms with Gasteiger partial charge >= 0.3 is 7.60 Å². The summed E-state index contributed by atoms with van der Waals surface area (Å²) in [6.07, 6.45) is -0.0237. The van der Waals surface area contributed by atoms with E-state index in [2.05, 4.69) is 5.32 Å². The Bertz CT molecular complexity index is 547. The lowest BCUT2D eigenvalue weighted by atomic mass is 10.0. The van der Waals surface area contributed by atoms with Gasteiger partial charge < -0.3 is 15.1 Å². The second kappa shape index (κ2) is 6.48. The van der Waals surface area contributed by atoms with Crippen molar-refractivity contribution in [2.24, 2.45) is 0 Å². The van der Waals surface area contributed by atoms with E-state index in [9.17, 15) is 9.36 Å². The first-order valence-electron chi connectivity index (χ1n) is 5.62. The number of nitrogens with zero attached hydrogens (tertiary/aromatic N) is 1. The number of carbonyl (C=O) groups excluding carboxylic acids is 1. The van der Waals surface area contributed by atoms with Crippen LogP contribution >= 0.6 is 7.60 Å². The van der Waals surface area contributed by atoms with Gasteiger partial charge in [0, 0.05) is 6.92 Å². The Balaban J connectivity index is 2.84. The van der Waals surface area contributed by atoms with Crippen molar-refractivity contribution in [1.82, 2.24) is 5.32 Å². The van der Waals surface area contributed by atoms with Gasteiger partial charge in [-0.05, 0) is 17.5 Å². The molecule has 1 amide bonds. The molecule has 19 heavy (non-hydrogen) atoms. The molecule has 3 N–H and O–H groups in total. The van der Waals surface area contributed by atoms with E-state index in [0.29, 0.717) is 11.1 Å². The minimum absolute atomic E-state index is 0.219. The molecule has 1 rings (SSSR count). The Morgan fingerprint density at radius 2 is 2.21 bits per heavy atom. The normalized spacial score (nSPS) is 12.5. The van der Waals surface area contributed by atoms with Crippen molar-refractivity contribution in [2.45, 2.75) is 19.4 Å². The molecule has 0 fully saturated rings. The van der Waals surface area contributed by atoms with Gasteiger partial charge in [0.15, 0.2) is 0 Å². The second-order valence-corrected chi connectivity index (χ2v) is 5.92. The zero-order valence-corrected chi connectivity index (χ0v) is 11.3. The lowest BCUT2D eigenvalue weighted by Crippen LogP contribution is -2.24. The first kappa shape index (κ1) is 15.4. The summed E-state index contributed by atoms with van der Waals surface area (Å²) >= 11 is 0. The summed E-state index contributed by atoms with van der Waals surface area (Å²) in [7, 11) is -4.03. The molecule has 1 aromatic carbocycles. The Hall–Kier alpha value is -1.67. The fraction of sp³-hybridized carbons (Fsp3) is 0.333. The number of amides is 1. The first-order valence-corrected chi connectivity index (χ1v) is 7.42. The summed E-state index contributed by atoms with van der Waals surface area (Å²) in [6.45, 7) is 1.32. The standard InChI is InChI=1S/C12H15N2O4P/c1-9(15)14-12(8-13)11-4-2-3-10(7-11)5-6-19(16,17)18/h2-4,7,12H,5-6H2,1H3,(H,14,15)(H2,16,17,18). The molecule has 0 aromatic heterocycles. The molecule has 1 atom stereocenters. The van der Waals surface area contributed by atoms with E-state index in [-0.39, 0.29) is 18.5 Å². The van der Waals surface area contributed by atoms with Crippen LogP contribution in [0.2, 0.25) is 0 Å². The van der Waals surface area contributed by atoms with E-state index in [1.807, 2.05) is 6.07 Å². The van der Waals surface area contributed by atoms with E-state index < -0.39 is 13.6 Å². The van der Waals surface area contributed by atoms with Crippen molar-refractivity contribution >= 4 is 13.5 Å². The average molecular weight is 282 g/mol. The van der Waals surface area contributed by atoms with Crippen LogP contribution in [0.1, 0.15) is 24.1 Å². The molecule has 7 heteroatoms. The summed E-state index contributed by atoms with van der Waals surface area (Å²) in [6, 6.07) is 7.97. The zero-order valence-electron chi connectivity index (χ0n) is 10.4. The molecule has 1 unspecified atom stereocenters. The summed E-state index contributed by atoms with van der Waals surface area (Å²) in [5, 5.41) is 11.5. The molecule has 0 heterocycles. The SMILES string of the molecule is CC(=O)NC(C#N)c1cccc(CCP(=O)(O)O)c1.